The molecule has 0 aromatic carbocycles. The van der Waals surface area contributed by atoms with Crippen molar-refractivity contribution >= 4 is 17.6 Å². The summed E-state index contributed by atoms with van der Waals surface area (Å²) in [5, 5.41) is 1.21. The fraction of sp³-hybridized carbons (Fsp3) is 0.636. The lowest BCUT2D eigenvalue weighted by molar-refractivity contribution is 0.112. The van der Waals surface area contributed by atoms with Gasteiger partial charge in [-0.25, -0.2) is 4.98 Å². The maximum atomic E-state index is 10.6. The van der Waals surface area contributed by atoms with Crippen molar-refractivity contribution in [3.05, 3.63) is 16.1 Å². The molecule has 3 rings (SSSR count). The van der Waals surface area contributed by atoms with E-state index < -0.39 is 0 Å². The Hall–Kier alpha value is -0.700. The largest absolute Gasteiger partial charge is 0.297 e. The summed E-state index contributed by atoms with van der Waals surface area (Å²) in [6.07, 6.45) is 8.16. The van der Waals surface area contributed by atoms with Crippen LogP contribution in [-0.2, 0) is 0 Å². The number of aromatic nitrogens is 1. The van der Waals surface area contributed by atoms with Gasteiger partial charge in [-0.05, 0) is 31.1 Å². The van der Waals surface area contributed by atoms with Crippen LogP contribution in [0.4, 0.5) is 0 Å². The normalized spacial score (nSPS) is 35.0. The molecule has 0 spiro atoms. The van der Waals surface area contributed by atoms with E-state index in [2.05, 4.69) is 4.98 Å². The lowest BCUT2D eigenvalue weighted by Crippen LogP contribution is -2.07. The Labute approximate surface area is 87.4 Å². The topological polar surface area (TPSA) is 30.0 Å². The summed E-state index contributed by atoms with van der Waals surface area (Å²) in [5.74, 6) is 2.49. The molecule has 2 fully saturated rings. The van der Waals surface area contributed by atoms with Crippen molar-refractivity contribution < 1.29 is 4.79 Å². The van der Waals surface area contributed by atoms with Crippen LogP contribution in [0.25, 0.3) is 0 Å². The van der Waals surface area contributed by atoms with E-state index in [9.17, 15) is 4.79 Å². The number of rotatable bonds is 2. The van der Waals surface area contributed by atoms with Gasteiger partial charge < -0.3 is 0 Å². The van der Waals surface area contributed by atoms with Crippen molar-refractivity contribution in [3.63, 3.8) is 0 Å². The van der Waals surface area contributed by atoms with Gasteiger partial charge in [-0.3, -0.25) is 4.79 Å². The van der Waals surface area contributed by atoms with Crippen LogP contribution in [-0.4, -0.2) is 11.3 Å². The van der Waals surface area contributed by atoms with Crippen LogP contribution in [0.15, 0.2) is 6.20 Å². The average molecular weight is 207 g/mol. The Bertz CT molecular complexity index is 360. The molecule has 2 aliphatic carbocycles. The summed E-state index contributed by atoms with van der Waals surface area (Å²) >= 11 is 1.59. The molecule has 74 valence electrons. The number of hydrogen-bond acceptors (Lipinski definition) is 3. The SMILES string of the molecule is O=Cc1cnc(C2CC3CCC2C3)s1. The molecule has 0 N–H and O–H groups in total. The highest BCUT2D eigenvalue weighted by molar-refractivity contribution is 7.13. The number of hydrogen-bond donors (Lipinski definition) is 0. The Morgan fingerprint density at radius 2 is 2.36 bits per heavy atom. The molecule has 3 heteroatoms. The summed E-state index contributed by atoms with van der Waals surface area (Å²) < 4.78 is 0. The van der Waals surface area contributed by atoms with Gasteiger partial charge in [0.25, 0.3) is 0 Å². The maximum absolute atomic E-state index is 10.6. The fourth-order valence-electron chi connectivity index (χ4n) is 3.07. The second kappa shape index (κ2) is 3.16. The minimum absolute atomic E-state index is 0.674. The molecular formula is C11H13NOS. The van der Waals surface area contributed by atoms with Gasteiger partial charge in [0.15, 0.2) is 6.29 Å². The van der Waals surface area contributed by atoms with Gasteiger partial charge in [0.05, 0.1) is 9.88 Å². The first-order chi connectivity index (χ1) is 6.86. The van der Waals surface area contributed by atoms with E-state index in [1.807, 2.05) is 0 Å². The summed E-state index contributed by atoms with van der Waals surface area (Å²) in [6, 6.07) is 0. The molecule has 1 aromatic heterocycles. The van der Waals surface area contributed by atoms with Crippen molar-refractivity contribution in [1.82, 2.24) is 4.98 Å². The first-order valence-corrected chi connectivity index (χ1v) is 6.09. The van der Waals surface area contributed by atoms with E-state index >= 15 is 0 Å². The third-order valence-corrected chi connectivity index (χ3v) is 4.77. The predicted octanol–water partition coefficient (Wildman–Crippen LogP) is 2.86. The molecule has 0 saturated heterocycles. The average Bonchev–Trinajstić information content (AvgIpc) is 2.93. The number of thiazole rings is 1. The van der Waals surface area contributed by atoms with Crippen LogP contribution >= 0.6 is 11.3 Å². The van der Waals surface area contributed by atoms with E-state index in [0.717, 1.165) is 23.0 Å². The van der Waals surface area contributed by atoms with E-state index in [4.69, 9.17) is 0 Å². The summed E-state index contributed by atoms with van der Waals surface area (Å²) in [6.45, 7) is 0. The zero-order valence-corrected chi connectivity index (χ0v) is 8.80. The Morgan fingerprint density at radius 3 is 2.93 bits per heavy atom. The van der Waals surface area contributed by atoms with E-state index in [1.54, 1.807) is 17.5 Å². The molecule has 14 heavy (non-hydrogen) atoms. The highest BCUT2D eigenvalue weighted by Gasteiger charge is 2.41. The quantitative estimate of drug-likeness (QED) is 0.698. The van der Waals surface area contributed by atoms with Crippen molar-refractivity contribution in [3.8, 4) is 0 Å². The molecule has 3 atom stereocenters. The molecule has 1 heterocycles. The van der Waals surface area contributed by atoms with Gasteiger partial charge in [-0.1, -0.05) is 6.42 Å². The van der Waals surface area contributed by atoms with Gasteiger partial charge in [0, 0.05) is 12.1 Å². The Kier molecular flexibility index (Phi) is 1.94. The standard InChI is InChI=1S/C11H13NOS/c13-6-9-5-12-11(14-9)10-4-7-1-2-8(10)3-7/h5-8,10H,1-4H2. The van der Waals surface area contributed by atoms with E-state index in [0.29, 0.717) is 5.92 Å². The third-order valence-electron chi connectivity index (χ3n) is 3.71. The van der Waals surface area contributed by atoms with Crippen LogP contribution in [0, 0.1) is 11.8 Å². The highest BCUT2D eigenvalue weighted by atomic mass is 32.1. The summed E-state index contributed by atoms with van der Waals surface area (Å²) in [7, 11) is 0. The van der Waals surface area contributed by atoms with Crippen molar-refractivity contribution in [2.75, 3.05) is 0 Å². The second-order valence-corrected chi connectivity index (χ2v) is 5.59. The summed E-state index contributed by atoms with van der Waals surface area (Å²) in [4.78, 5) is 15.7. The smallest absolute Gasteiger partial charge is 0.161 e. The van der Waals surface area contributed by atoms with Crippen molar-refractivity contribution in [2.24, 2.45) is 11.8 Å². The van der Waals surface area contributed by atoms with E-state index in [-0.39, 0.29) is 0 Å². The Morgan fingerprint density at radius 1 is 1.43 bits per heavy atom. The minimum Gasteiger partial charge on any atom is -0.297 e. The lowest BCUT2D eigenvalue weighted by atomic mass is 9.89. The molecule has 0 amide bonds. The first-order valence-electron chi connectivity index (χ1n) is 5.27. The molecule has 2 aliphatic rings. The summed E-state index contributed by atoms with van der Waals surface area (Å²) in [5.41, 5.74) is 0. The predicted molar refractivity (Wildman–Crippen MR) is 55.7 cm³/mol. The molecule has 2 saturated carbocycles. The van der Waals surface area contributed by atoms with Gasteiger partial charge in [-0.15, -0.1) is 11.3 Å². The molecule has 1 aromatic rings. The highest BCUT2D eigenvalue weighted by Crippen LogP contribution is 2.53. The third kappa shape index (κ3) is 1.22. The number of carbonyl (C=O) groups is 1. The number of nitrogens with zero attached hydrogens (tertiary/aromatic N) is 1. The van der Waals surface area contributed by atoms with Crippen molar-refractivity contribution in [1.29, 1.82) is 0 Å². The van der Waals surface area contributed by atoms with Gasteiger partial charge >= 0.3 is 0 Å². The van der Waals surface area contributed by atoms with Gasteiger partial charge in [0.2, 0.25) is 0 Å². The van der Waals surface area contributed by atoms with Crippen molar-refractivity contribution in [2.45, 2.75) is 31.6 Å². The lowest BCUT2D eigenvalue weighted by Gasteiger charge is -2.18. The zero-order valence-electron chi connectivity index (χ0n) is 7.98. The van der Waals surface area contributed by atoms with Gasteiger partial charge in [-0.2, -0.15) is 0 Å². The fourth-order valence-corrected chi connectivity index (χ4v) is 4.01. The molecular weight excluding hydrogens is 194 g/mol. The molecule has 0 aliphatic heterocycles. The number of fused-ring (bicyclic) bond motifs is 2. The van der Waals surface area contributed by atoms with Gasteiger partial charge in [0.1, 0.15) is 0 Å². The van der Waals surface area contributed by atoms with Crippen LogP contribution in [0.3, 0.4) is 0 Å². The van der Waals surface area contributed by atoms with Crippen LogP contribution in [0.1, 0.15) is 46.3 Å². The minimum atomic E-state index is 0.674. The second-order valence-electron chi connectivity index (χ2n) is 4.50. The Balaban J connectivity index is 1.85. The monoisotopic (exact) mass is 207 g/mol. The molecule has 2 nitrogen and oxygen atoms in total. The number of carbonyl (C=O) groups excluding carboxylic acids is 1. The van der Waals surface area contributed by atoms with E-state index in [1.165, 1.54) is 30.7 Å². The zero-order chi connectivity index (χ0) is 9.54. The van der Waals surface area contributed by atoms with Crippen LogP contribution in [0.5, 0.6) is 0 Å². The number of aldehydes is 1. The first kappa shape index (κ1) is 8.60. The molecule has 3 unspecified atom stereocenters. The molecule has 0 radical (unpaired) electrons. The van der Waals surface area contributed by atoms with Crippen LogP contribution < -0.4 is 0 Å². The maximum Gasteiger partial charge on any atom is 0.161 e. The molecule has 2 bridgehead atoms. The van der Waals surface area contributed by atoms with Crippen LogP contribution in [0.2, 0.25) is 0 Å².